The molecule has 188 valence electrons. The van der Waals surface area contributed by atoms with Crippen LogP contribution in [0.5, 0.6) is 11.5 Å². The van der Waals surface area contributed by atoms with E-state index in [2.05, 4.69) is 12.1 Å². The Bertz CT molecular complexity index is 1210. The first-order chi connectivity index (χ1) is 17.5. The van der Waals surface area contributed by atoms with E-state index in [9.17, 15) is 14.7 Å². The molecular weight excluding hydrogens is 454 g/mol. The van der Waals surface area contributed by atoms with Crippen molar-refractivity contribution in [2.24, 2.45) is 10.9 Å². The molecule has 0 spiro atoms. The van der Waals surface area contributed by atoms with Crippen molar-refractivity contribution in [3.8, 4) is 11.5 Å². The molecule has 1 N–H and O–H groups in total. The SMILES string of the molecule is COc1cc([C@@H]2C3=C(C[C@@H](c4ccccc4)CC3=O)N=C(C)C2C(=O)OC2CCCCC2)ccc1O. The second-order valence-electron chi connectivity index (χ2n) is 10.1. The summed E-state index contributed by atoms with van der Waals surface area (Å²) in [4.78, 5) is 32.2. The van der Waals surface area contributed by atoms with Crippen LogP contribution in [0.2, 0.25) is 0 Å². The van der Waals surface area contributed by atoms with Crippen LogP contribution >= 0.6 is 0 Å². The van der Waals surface area contributed by atoms with E-state index < -0.39 is 11.8 Å². The van der Waals surface area contributed by atoms with Crippen molar-refractivity contribution in [1.29, 1.82) is 0 Å². The standard InChI is InChI=1S/C30H33NO5/c1-18-27(30(34)36-22-11-7-4-8-12-22)28(20-13-14-24(32)26(17-20)35-2)29-23(31-18)15-21(16-25(29)33)19-9-5-3-6-10-19/h3,5-6,9-10,13-14,17,21-22,27-28,32H,4,7-8,11-12,15-16H2,1-2H3/t21-,27?,28+/m1/s1. The molecule has 0 aromatic heterocycles. The molecule has 0 amide bonds. The number of benzene rings is 2. The Morgan fingerprint density at radius 2 is 1.75 bits per heavy atom. The zero-order valence-corrected chi connectivity index (χ0v) is 20.9. The van der Waals surface area contributed by atoms with Crippen LogP contribution in [0.25, 0.3) is 0 Å². The molecule has 6 heteroatoms. The van der Waals surface area contributed by atoms with Gasteiger partial charge in [-0.25, -0.2) is 0 Å². The van der Waals surface area contributed by atoms with Gasteiger partial charge in [0.1, 0.15) is 12.0 Å². The van der Waals surface area contributed by atoms with Gasteiger partial charge in [0.15, 0.2) is 17.3 Å². The molecule has 2 aromatic rings. The summed E-state index contributed by atoms with van der Waals surface area (Å²) in [5.41, 5.74) is 3.85. The number of hydrogen-bond donors (Lipinski definition) is 1. The normalized spacial score (nSPS) is 24.7. The molecule has 5 rings (SSSR count). The van der Waals surface area contributed by atoms with Crippen molar-refractivity contribution < 1.29 is 24.2 Å². The van der Waals surface area contributed by atoms with E-state index in [1.54, 1.807) is 18.2 Å². The number of ketones is 1. The number of phenols is 1. The number of ether oxygens (including phenoxy) is 2. The number of hydrogen-bond acceptors (Lipinski definition) is 6. The van der Waals surface area contributed by atoms with E-state index in [-0.39, 0.29) is 29.5 Å². The molecule has 0 radical (unpaired) electrons. The smallest absolute Gasteiger partial charge is 0.315 e. The predicted octanol–water partition coefficient (Wildman–Crippen LogP) is 5.85. The Balaban J connectivity index is 1.55. The van der Waals surface area contributed by atoms with Gasteiger partial charge in [-0.05, 0) is 68.2 Å². The number of esters is 1. The van der Waals surface area contributed by atoms with Gasteiger partial charge < -0.3 is 14.6 Å². The lowest BCUT2D eigenvalue weighted by Gasteiger charge is -2.37. The molecule has 2 aliphatic carbocycles. The van der Waals surface area contributed by atoms with Crippen LogP contribution in [-0.2, 0) is 14.3 Å². The van der Waals surface area contributed by atoms with Gasteiger partial charge in [0.25, 0.3) is 0 Å². The Morgan fingerprint density at radius 1 is 1.00 bits per heavy atom. The molecule has 36 heavy (non-hydrogen) atoms. The van der Waals surface area contributed by atoms with Crippen molar-refractivity contribution >= 4 is 17.5 Å². The number of carbonyl (C=O) groups is 2. The number of allylic oxidation sites excluding steroid dienone is 2. The number of Topliss-reactive ketones (excluding diaryl/α,β-unsaturated/α-hetero) is 1. The average Bonchev–Trinajstić information content (AvgIpc) is 2.89. The van der Waals surface area contributed by atoms with E-state index in [1.807, 2.05) is 25.1 Å². The van der Waals surface area contributed by atoms with Crippen LogP contribution in [0.15, 0.2) is 64.8 Å². The molecule has 0 bridgehead atoms. The van der Waals surface area contributed by atoms with Crippen molar-refractivity contribution in [2.45, 2.75) is 69.8 Å². The number of phenolic OH excluding ortho intramolecular Hbond substituents is 1. The summed E-state index contributed by atoms with van der Waals surface area (Å²) in [5, 5.41) is 10.2. The van der Waals surface area contributed by atoms with E-state index in [1.165, 1.54) is 13.5 Å². The summed E-state index contributed by atoms with van der Waals surface area (Å²) < 4.78 is 11.4. The van der Waals surface area contributed by atoms with Crippen LogP contribution in [-0.4, -0.2) is 35.8 Å². The molecule has 3 atom stereocenters. The van der Waals surface area contributed by atoms with Gasteiger partial charge in [0.2, 0.25) is 0 Å². The fraction of sp³-hybridized carbons (Fsp3) is 0.433. The lowest BCUT2D eigenvalue weighted by atomic mass is 9.69. The maximum absolute atomic E-state index is 13.7. The maximum atomic E-state index is 13.7. The van der Waals surface area contributed by atoms with Crippen molar-refractivity contribution in [1.82, 2.24) is 0 Å². The van der Waals surface area contributed by atoms with Gasteiger partial charge in [-0.2, -0.15) is 0 Å². The summed E-state index contributed by atoms with van der Waals surface area (Å²) in [6.45, 7) is 1.86. The average molecular weight is 488 g/mol. The minimum absolute atomic E-state index is 0.00820. The number of carbonyl (C=O) groups excluding carboxylic acids is 2. The van der Waals surface area contributed by atoms with E-state index in [4.69, 9.17) is 14.5 Å². The van der Waals surface area contributed by atoms with Crippen LogP contribution in [0, 0.1) is 5.92 Å². The van der Waals surface area contributed by atoms with Crippen LogP contribution in [0.1, 0.15) is 74.8 Å². The van der Waals surface area contributed by atoms with Gasteiger partial charge in [-0.15, -0.1) is 0 Å². The third-order valence-corrected chi connectivity index (χ3v) is 7.81. The molecule has 1 saturated carbocycles. The van der Waals surface area contributed by atoms with Crippen molar-refractivity contribution in [2.75, 3.05) is 7.11 Å². The summed E-state index contributed by atoms with van der Waals surface area (Å²) in [5.74, 6) is -1.19. The van der Waals surface area contributed by atoms with Gasteiger partial charge in [-0.3, -0.25) is 14.6 Å². The Kier molecular flexibility index (Phi) is 6.95. The zero-order chi connectivity index (χ0) is 25.2. The van der Waals surface area contributed by atoms with Crippen molar-refractivity contribution in [3.63, 3.8) is 0 Å². The van der Waals surface area contributed by atoms with Gasteiger partial charge in [-0.1, -0.05) is 42.8 Å². The minimum atomic E-state index is -0.697. The Morgan fingerprint density at radius 3 is 2.47 bits per heavy atom. The number of rotatable bonds is 5. The summed E-state index contributed by atoms with van der Waals surface area (Å²) >= 11 is 0. The second-order valence-corrected chi connectivity index (χ2v) is 10.1. The highest BCUT2D eigenvalue weighted by Gasteiger charge is 2.45. The first kappa shape index (κ1) is 24.3. The molecule has 1 fully saturated rings. The zero-order valence-electron chi connectivity index (χ0n) is 20.9. The monoisotopic (exact) mass is 487 g/mol. The molecule has 0 saturated heterocycles. The molecular formula is C30H33NO5. The van der Waals surface area contributed by atoms with Gasteiger partial charge in [0, 0.05) is 29.3 Å². The topological polar surface area (TPSA) is 85.2 Å². The van der Waals surface area contributed by atoms with Gasteiger partial charge >= 0.3 is 5.97 Å². The third kappa shape index (κ3) is 4.69. The highest BCUT2D eigenvalue weighted by Crippen LogP contribution is 2.48. The third-order valence-electron chi connectivity index (χ3n) is 7.81. The number of nitrogens with zero attached hydrogens (tertiary/aromatic N) is 1. The molecule has 1 aliphatic heterocycles. The molecule has 6 nitrogen and oxygen atoms in total. The lowest BCUT2D eigenvalue weighted by molar-refractivity contribution is -0.153. The lowest BCUT2D eigenvalue weighted by Crippen LogP contribution is -2.39. The molecule has 1 heterocycles. The molecule has 2 aromatic carbocycles. The predicted molar refractivity (Wildman–Crippen MR) is 137 cm³/mol. The number of methoxy groups -OCH3 is 1. The van der Waals surface area contributed by atoms with Crippen LogP contribution in [0.4, 0.5) is 0 Å². The largest absolute Gasteiger partial charge is 0.504 e. The maximum Gasteiger partial charge on any atom is 0.315 e. The Hall–Kier alpha value is -3.41. The molecule has 1 unspecified atom stereocenters. The number of aromatic hydroxyl groups is 1. The minimum Gasteiger partial charge on any atom is -0.504 e. The highest BCUT2D eigenvalue weighted by molar-refractivity contribution is 6.09. The van der Waals surface area contributed by atoms with E-state index in [0.717, 1.165) is 42.5 Å². The van der Waals surface area contributed by atoms with E-state index in [0.29, 0.717) is 29.9 Å². The quantitative estimate of drug-likeness (QED) is 0.535. The first-order valence-corrected chi connectivity index (χ1v) is 12.9. The fourth-order valence-electron chi connectivity index (χ4n) is 5.99. The van der Waals surface area contributed by atoms with Crippen LogP contribution in [0.3, 0.4) is 0 Å². The summed E-state index contributed by atoms with van der Waals surface area (Å²) in [6, 6.07) is 15.1. The first-order valence-electron chi connectivity index (χ1n) is 12.9. The van der Waals surface area contributed by atoms with Crippen LogP contribution < -0.4 is 4.74 Å². The second kappa shape index (κ2) is 10.3. The molecule has 3 aliphatic rings. The summed E-state index contributed by atoms with van der Waals surface area (Å²) in [7, 11) is 1.49. The van der Waals surface area contributed by atoms with Gasteiger partial charge in [0.05, 0.1) is 7.11 Å². The summed E-state index contributed by atoms with van der Waals surface area (Å²) in [6.07, 6.45) is 5.95. The fourth-order valence-corrected chi connectivity index (χ4v) is 5.99. The van der Waals surface area contributed by atoms with E-state index >= 15 is 0 Å². The number of aliphatic imine (C=N–C) groups is 1. The highest BCUT2D eigenvalue weighted by atomic mass is 16.5. The Labute approximate surface area is 212 Å². The van der Waals surface area contributed by atoms with Crippen molar-refractivity contribution in [3.05, 3.63) is 70.9 Å².